The Morgan fingerprint density at radius 2 is 2.10 bits per heavy atom. The predicted molar refractivity (Wildman–Crippen MR) is 69.6 cm³/mol. The molecule has 1 aliphatic carbocycles. The molecular formula is C15H20O5. The van der Waals surface area contributed by atoms with Crippen LogP contribution in [-0.2, 0) is 23.8 Å². The van der Waals surface area contributed by atoms with E-state index in [0.29, 0.717) is 23.7 Å². The number of hydrogen-bond acceptors (Lipinski definition) is 5. The topological polar surface area (TPSA) is 61.8 Å². The number of fused-ring (bicyclic) bond motifs is 1. The van der Waals surface area contributed by atoms with Gasteiger partial charge in [0.25, 0.3) is 0 Å². The van der Waals surface area contributed by atoms with Crippen LogP contribution in [-0.4, -0.2) is 30.8 Å². The number of methoxy groups -OCH3 is 1. The van der Waals surface area contributed by atoms with Crippen LogP contribution in [0.2, 0.25) is 0 Å². The average Bonchev–Trinajstić information content (AvgIpc) is 2.78. The highest BCUT2D eigenvalue weighted by atomic mass is 16.6. The molecule has 2 heterocycles. The second kappa shape index (κ2) is 4.88. The molecule has 0 aromatic heterocycles. The summed E-state index contributed by atoms with van der Waals surface area (Å²) in [5.74, 6) is 0.139. The van der Waals surface area contributed by atoms with Crippen molar-refractivity contribution < 1.29 is 23.8 Å². The average molecular weight is 280 g/mol. The molecule has 0 aromatic rings. The summed E-state index contributed by atoms with van der Waals surface area (Å²) >= 11 is 0. The lowest BCUT2D eigenvalue weighted by Gasteiger charge is -2.47. The third kappa shape index (κ3) is 2.04. The monoisotopic (exact) mass is 280 g/mol. The Balaban J connectivity index is 2.00. The van der Waals surface area contributed by atoms with Crippen LogP contribution in [0, 0.1) is 5.92 Å². The van der Waals surface area contributed by atoms with Crippen molar-refractivity contribution in [1.82, 2.24) is 0 Å². The molecule has 0 unspecified atom stereocenters. The Hall–Kier alpha value is -1.36. The maximum absolute atomic E-state index is 12.0. The third-order valence-electron chi connectivity index (χ3n) is 4.81. The number of carbonyl (C=O) groups excluding carboxylic acids is 2. The maximum Gasteiger partial charge on any atom is 0.339 e. The minimum Gasteiger partial charge on any atom is -0.465 e. The fourth-order valence-electron chi connectivity index (χ4n) is 4.02. The Bertz CT molecular complexity index is 481. The van der Waals surface area contributed by atoms with E-state index in [1.165, 1.54) is 14.0 Å². The van der Waals surface area contributed by atoms with Gasteiger partial charge in [-0.15, -0.1) is 0 Å². The van der Waals surface area contributed by atoms with Crippen LogP contribution < -0.4 is 0 Å². The first kappa shape index (κ1) is 13.6. The molecule has 1 saturated carbocycles. The summed E-state index contributed by atoms with van der Waals surface area (Å²) < 4.78 is 16.4. The second-order valence-electron chi connectivity index (χ2n) is 5.94. The highest BCUT2D eigenvalue weighted by Crippen LogP contribution is 2.53. The number of rotatable bonds is 2. The molecule has 0 radical (unpaired) electrons. The molecule has 1 spiro atoms. The van der Waals surface area contributed by atoms with Crippen molar-refractivity contribution in [3.05, 3.63) is 11.3 Å². The Morgan fingerprint density at radius 1 is 1.30 bits per heavy atom. The zero-order valence-corrected chi connectivity index (χ0v) is 11.9. The molecular weight excluding hydrogens is 260 g/mol. The summed E-state index contributed by atoms with van der Waals surface area (Å²) in [6.07, 6.45) is 5.36. The standard InChI is InChI=1S/C15H20O5/c1-9(16)19-12-8-15-7-3-4-10(15)5-6-11(20-15)13(12)14(17)18-2/h10-11H,3-8H2,1-2H3/t10-,11+,15+/m0/s1. The SMILES string of the molecule is COC(=O)C1=C(OC(C)=O)C[C@]23CCC[C@H]2CC[C@H]1O3. The van der Waals surface area contributed by atoms with Crippen molar-refractivity contribution in [3.8, 4) is 0 Å². The van der Waals surface area contributed by atoms with Gasteiger partial charge in [-0.3, -0.25) is 4.79 Å². The van der Waals surface area contributed by atoms with Gasteiger partial charge in [-0.1, -0.05) is 6.42 Å². The molecule has 5 heteroatoms. The van der Waals surface area contributed by atoms with Gasteiger partial charge in [0.1, 0.15) is 11.3 Å². The number of hydrogen-bond donors (Lipinski definition) is 0. The number of esters is 2. The highest BCUT2D eigenvalue weighted by Gasteiger charge is 2.54. The van der Waals surface area contributed by atoms with Gasteiger partial charge in [-0.2, -0.15) is 0 Å². The van der Waals surface area contributed by atoms with Crippen LogP contribution in [0.25, 0.3) is 0 Å². The third-order valence-corrected chi connectivity index (χ3v) is 4.81. The van der Waals surface area contributed by atoms with Gasteiger partial charge in [-0.25, -0.2) is 4.79 Å². The molecule has 3 aliphatic rings. The summed E-state index contributed by atoms with van der Waals surface area (Å²) in [6.45, 7) is 1.36. The molecule has 110 valence electrons. The Morgan fingerprint density at radius 3 is 2.80 bits per heavy atom. The molecule has 5 nitrogen and oxygen atoms in total. The minimum absolute atomic E-state index is 0.231. The molecule has 3 rings (SSSR count). The summed E-state index contributed by atoms with van der Waals surface area (Å²) in [7, 11) is 1.34. The number of carbonyl (C=O) groups is 2. The molecule has 2 aliphatic heterocycles. The van der Waals surface area contributed by atoms with Gasteiger partial charge in [0.15, 0.2) is 0 Å². The summed E-state index contributed by atoms with van der Waals surface area (Å²) in [6, 6.07) is 0. The summed E-state index contributed by atoms with van der Waals surface area (Å²) in [5.41, 5.74) is 0.171. The zero-order chi connectivity index (χ0) is 14.3. The lowest BCUT2D eigenvalue weighted by molar-refractivity contribution is -0.167. The molecule has 0 N–H and O–H groups in total. The van der Waals surface area contributed by atoms with E-state index in [0.717, 1.165) is 32.1 Å². The van der Waals surface area contributed by atoms with Crippen molar-refractivity contribution in [3.63, 3.8) is 0 Å². The van der Waals surface area contributed by atoms with Crippen LogP contribution in [0.1, 0.15) is 45.4 Å². The van der Waals surface area contributed by atoms with E-state index in [4.69, 9.17) is 14.2 Å². The predicted octanol–water partition coefficient (Wildman–Crippen LogP) is 2.10. The smallest absolute Gasteiger partial charge is 0.339 e. The zero-order valence-electron chi connectivity index (χ0n) is 11.9. The van der Waals surface area contributed by atoms with Crippen molar-refractivity contribution in [1.29, 1.82) is 0 Å². The molecule has 2 bridgehead atoms. The van der Waals surface area contributed by atoms with E-state index in [9.17, 15) is 9.59 Å². The van der Waals surface area contributed by atoms with E-state index >= 15 is 0 Å². The van der Waals surface area contributed by atoms with Crippen LogP contribution in [0.3, 0.4) is 0 Å². The van der Waals surface area contributed by atoms with E-state index in [1.807, 2.05) is 0 Å². The lowest BCUT2D eigenvalue weighted by atomic mass is 9.75. The van der Waals surface area contributed by atoms with Crippen LogP contribution in [0.15, 0.2) is 11.3 Å². The van der Waals surface area contributed by atoms with Crippen molar-refractivity contribution in [2.45, 2.75) is 57.2 Å². The van der Waals surface area contributed by atoms with E-state index in [2.05, 4.69) is 0 Å². The summed E-state index contributed by atoms with van der Waals surface area (Å²) in [4.78, 5) is 23.3. The van der Waals surface area contributed by atoms with Crippen LogP contribution in [0.4, 0.5) is 0 Å². The van der Waals surface area contributed by atoms with Gasteiger partial charge in [0.05, 0.1) is 18.8 Å². The van der Waals surface area contributed by atoms with E-state index in [-0.39, 0.29) is 11.7 Å². The van der Waals surface area contributed by atoms with Crippen molar-refractivity contribution in [2.75, 3.05) is 7.11 Å². The van der Waals surface area contributed by atoms with Gasteiger partial charge < -0.3 is 14.2 Å². The van der Waals surface area contributed by atoms with E-state index < -0.39 is 11.9 Å². The number of ether oxygens (including phenoxy) is 3. The van der Waals surface area contributed by atoms with Gasteiger partial charge >= 0.3 is 11.9 Å². The first-order chi connectivity index (χ1) is 9.55. The van der Waals surface area contributed by atoms with Gasteiger partial charge in [-0.05, 0) is 31.6 Å². The largest absolute Gasteiger partial charge is 0.465 e. The normalized spacial score (nSPS) is 35.5. The summed E-state index contributed by atoms with van der Waals surface area (Å²) in [5, 5.41) is 0. The minimum atomic E-state index is -0.447. The van der Waals surface area contributed by atoms with Crippen LogP contribution in [0.5, 0.6) is 0 Å². The lowest BCUT2D eigenvalue weighted by Crippen LogP contribution is -2.50. The fraction of sp³-hybridized carbons (Fsp3) is 0.733. The molecule has 1 saturated heterocycles. The first-order valence-electron chi connectivity index (χ1n) is 7.23. The maximum atomic E-state index is 12.0. The van der Waals surface area contributed by atoms with Gasteiger partial charge in [0.2, 0.25) is 0 Å². The molecule has 0 amide bonds. The highest BCUT2D eigenvalue weighted by molar-refractivity contribution is 5.91. The first-order valence-corrected chi connectivity index (χ1v) is 7.23. The van der Waals surface area contributed by atoms with Crippen LogP contribution >= 0.6 is 0 Å². The quantitative estimate of drug-likeness (QED) is 0.725. The molecule has 2 fully saturated rings. The Kier molecular flexibility index (Phi) is 3.32. The van der Waals surface area contributed by atoms with Gasteiger partial charge in [0, 0.05) is 13.3 Å². The fourth-order valence-corrected chi connectivity index (χ4v) is 4.02. The molecule has 3 atom stereocenters. The Labute approximate surface area is 118 Å². The molecule has 0 aromatic carbocycles. The molecule has 20 heavy (non-hydrogen) atoms. The van der Waals surface area contributed by atoms with E-state index in [1.54, 1.807) is 0 Å². The van der Waals surface area contributed by atoms with Crippen molar-refractivity contribution >= 4 is 11.9 Å². The van der Waals surface area contributed by atoms with Crippen molar-refractivity contribution in [2.24, 2.45) is 5.92 Å². The second-order valence-corrected chi connectivity index (χ2v) is 5.94.